The molecule has 0 fully saturated rings. The second-order valence-electron chi connectivity index (χ2n) is 6.18. The average molecular weight is 371 g/mol. The molecule has 0 saturated carbocycles. The van der Waals surface area contributed by atoms with Crippen LogP contribution in [0.15, 0.2) is 41.0 Å². The number of furan rings is 1. The number of benzene rings is 1. The first-order valence-corrected chi connectivity index (χ1v) is 7.91. The lowest BCUT2D eigenvalue weighted by molar-refractivity contribution is 0.0594. The van der Waals surface area contributed by atoms with Crippen molar-refractivity contribution in [3.05, 3.63) is 59.3 Å². The molecule has 1 atom stereocenters. The molecule has 0 radical (unpaired) electrons. The number of hydrogen-bond donors (Lipinski definition) is 2. The Kier molecular flexibility index (Phi) is 8.09. The molecule has 0 aliphatic rings. The largest absolute Gasteiger partial charge is 0.467 e. The number of carbonyl (C=O) groups excluding carboxylic acids is 1. The summed E-state index contributed by atoms with van der Waals surface area (Å²) < 4.78 is 18.2. The van der Waals surface area contributed by atoms with Crippen molar-refractivity contribution in [1.29, 1.82) is 0 Å². The van der Waals surface area contributed by atoms with Crippen LogP contribution in [0.5, 0.6) is 0 Å². The fourth-order valence-corrected chi connectivity index (χ4v) is 2.46. The van der Waals surface area contributed by atoms with Crippen molar-refractivity contribution < 1.29 is 18.7 Å². The molecule has 1 amide bonds. The Morgan fingerprint density at radius 1 is 1.28 bits per heavy atom. The van der Waals surface area contributed by atoms with Crippen LogP contribution in [-0.4, -0.2) is 29.0 Å². The molecule has 2 aromatic rings. The van der Waals surface area contributed by atoms with Gasteiger partial charge in [-0.05, 0) is 29.7 Å². The lowest BCUT2D eigenvalue weighted by atomic mass is 10.1. The molecule has 1 heterocycles. The topological polar surface area (TPSA) is 79.7 Å². The lowest BCUT2D eigenvalue weighted by Gasteiger charge is -2.26. The number of aliphatic hydroxyl groups excluding tert-OH is 1. The minimum Gasteiger partial charge on any atom is -0.467 e. The SMILES string of the molecule is CC(C)CN(CC(O)c1ccc(F)cc1)C(=O)c1coc(CN)c1.Cl. The van der Waals surface area contributed by atoms with E-state index in [9.17, 15) is 14.3 Å². The summed E-state index contributed by atoms with van der Waals surface area (Å²) in [5.74, 6) is 0.166. The van der Waals surface area contributed by atoms with Gasteiger partial charge in [0.25, 0.3) is 5.91 Å². The highest BCUT2D eigenvalue weighted by Crippen LogP contribution is 2.18. The summed E-state index contributed by atoms with van der Waals surface area (Å²) in [5, 5.41) is 10.4. The van der Waals surface area contributed by atoms with E-state index in [2.05, 4.69) is 0 Å². The summed E-state index contributed by atoms with van der Waals surface area (Å²) >= 11 is 0. The van der Waals surface area contributed by atoms with Gasteiger partial charge in [0.15, 0.2) is 0 Å². The molecule has 3 N–H and O–H groups in total. The van der Waals surface area contributed by atoms with E-state index in [1.165, 1.54) is 30.5 Å². The van der Waals surface area contributed by atoms with Crippen LogP contribution in [-0.2, 0) is 6.54 Å². The molecule has 25 heavy (non-hydrogen) atoms. The minimum atomic E-state index is -0.894. The van der Waals surface area contributed by atoms with E-state index < -0.39 is 6.10 Å². The first kappa shape index (κ1) is 21.2. The maximum absolute atomic E-state index is 13.0. The highest BCUT2D eigenvalue weighted by Gasteiger charge is 2.22. The fourth-order valence-electron chi connectivity index (χ4n) is 2.46. The molecule has 0 saturated heterocycles. The van der Waals surface area contributed by atoms with Crippen LogP contribution in [0.1, 0.15) is 41.6 Å². The molecule has 1 aromatic carbocycles. The molecule has 1 aromatic heterocycles. The van der Waals surface area contributed by atoms with Gasteiger partial charge < -0.3 is 20.2 Å². The molecule has 0 bridgehead atoms. The maximum Gasteiger partial charge on any atom is 0.257 e. The first-order chi connectivity index (χ1) is 11.4. The van der Waals surface area contributed by atoms with E-state index in [0.29, 0.717) is 23.4 Å². The number of halogens is 2. The van der Waals surface area contributed by atoms with Gasteiger partial charge in [-0.15, -0.1) is 12.4 Å². The molecule has 0 spiro atoms. The summed E-state index contributed by atoms with van der Waals surface area (Å²) in [4.78, 5) is 14.3. The lowest BCUT2D eigenvalue weighted by Crippen LogP contribution is -2.37. The number of amides is 1. The fraction of sp³-hybridized carbons (Fsp3) is 0.389. The van der Waals surface area contributed by atoms with Crippen molar-refractivity contribution in [1.82, 2.24) is 4.90 Å². The van der Waals surface area contributed by atoms with Crippen molar-refractivity contribution >= 4 is 18.3 Å². The molecule has 5 nitrogen and oxygen atoms in total. The van der Waals surface area contributed by atoms with Crippen LogP contribution in [0.3, 0.4) is 0 Å². The van der Waals surface area contributed by atoms with Crippen LogP contribution < -0.4 is 5.73 Å². The van der Waals surface area contributed by atoms with Crippen molar-refractivity contribution in [2.45, 2.75) is 26.5 Å². The average Bonchev–Trinajstić information content (AvgIpc) is 3.02. The normalized spacial score (nSPS) is 11.9. The van der Waals surface area contributed by atoms with Gasteiger partial charge in [-0.2, -0.15) is 0 Å². The Balaban J connectivity index is 0.00000312. The zero-order valence-corrected chi connectivity index (χ0v) is 15.1. The molecule has 138 valence electrons. The van der Waals surface area contributed by atoms with Gasteiger partial charge in [-0.25, -0.2) is 4.39 Å². The van der Waals surface area contributed by atoms with Gasteiger partial charge in [0, 0.05) is 6.54 Å². The zero-order valence-electron chi connectivity index (χ0n) is 14.3. The quantitative estimate of drug-likeness (QED) is 0.784. The van der Waals surface area contributed by atoms with Crippen LogP contribution in [0.25, 0.3) is 0 Å². The van der Waals surface area contributed by atoms with Gasteiger partial charge in [0.05, 0.1) is 24.8 Å². The van der Waals surface area contributed by atoms with Crippen LogP contribution in [0.4, 0.5) is 4.39 Å². The highest BCUT2D eigenvalue weighted by molar-refractivity contribution is 5.94. The van der Waals surface area contributed by atoms with E-state index in [0.717, 1.165) is 0 Å². The number of nitrogens with two attached hydrogens (primary N) is 1. The van der Waals surface area contributed by atoms with Crippen LogP contribution in [0.2, 0.25) is 0 Å². The molecular weight excluding hydrogens is 347 g/mol. The van der Waals surface area contributed by atoms with E-state index in [1.54, 1.807) is 11.0 Å². The summed E-state index contributed by atoms with van der Waals surface area (Å²) in [6.45, 7) is 4.80. The standard InChI is InChI=1S/C18H23FN2O3.ClH/c1-12(2)9-21(18(23)14-7-16(8-20)24-11-14)10-17(22)13-3-5-15(19)6-4-13;/h3-7,11-12,17,22H,8-10,20H2,1-2H3;1H. The van der Waals surface area contributed by atoms with Crippen molar-refractivity contribution in [3.8, 4) is 0 Å². The maximum atomic E-state index is 13.0. The van der Waals surface area contributed by atoms with Crippen molar-refractivity contribution in [2.24, 2.45) is 11.7 Å². The van der Waals surface area contributed by atoms with E-state index >= 15 is 0 Å². The summed E-state index contributed by atoms with van der Waals surface area (Å²) in [5.41, 5.74) is 6.47. The zero-order chi connectivity index (χ0) is 17.7. The first-order valence-electron chi connectivity index (χ1n) is 7.91. The number of hydrogen-bond acceptors (Lipinski definition) is 4. The van der Waals surface area contributed by atoms with Crippen LogP contribution >= 0.6 is 12.4 Å². The van der Waals surface area contributed by atoms with Gasteiger partial charge in [0.2, 0.25) is 0 Å². The van der Waals surface area contributed by atoms with Gasteiger partial charge in [-0.1, -0.05) is 26.0 Å². The molecule has 7 heteroatoms. The summed E-state index contributed by atoms with van der Waals surface area (Å²) in [6.07, 6.45) is 0.483. The summed E-state index contributed by atoms with van der Waals surface area (Å²) in [6, 6.07) is 7.22. The Morgan fingerprint density at radius 2 is 1.92 bits per heavy atom. The second-order valence-corrected chi connectivity index (χ2v) is 6.18. The van der Waals surface area contributed by atoms with E-state index in [1.807, 2.05) is 13.8 Å². The van der Waals surface area contributed by atoms with Crippen molar-refractivity contribution in [2.75, 3.05) is 13.1 Å². The number of nitrogens with zero attached hydrogens (tertiary/aromatic N) is 1. The monoisotopic (exact) mass is 370 g/mol. The van der Waals surface area contributed by atoms with Crippen molar-refractivity contribution in [3.63, 3.8) is 0 Å². The minimum absolute atomic E-state index is 0. The van der Waals surface area contributed by atoms with Crippen LogP contribution in [0, 0.1) is 11.7 Å². The highest BCUT2D eigenvalue weighted by atomic mass is 35.5. The third-order valence-corrected chi connectivity index (χ3v) is 3.62. The Hall–Kier alpha value is -1.89. The molecule has 1 unspecified atom stereocenters. The van der Waals surface area contributed by atoms with Gasteiger partial charge in [0.1, 0.15) is 17.8 Å². The van der Waals surface area contributed by atoms with Gasteiger partial charge in [-0.3, -0.25) is 4.79 Å². The number of rotatable bonds is 7. The van der Waals surface area contributed by atoms with E-state index in [4.69, 9.17) is 10.2 Å². The predicted octanol–water partition coefficient (Wildman–Crippen LogP) is 3.13. The molecule has 0 aliphatic carbocycles. The Bertz CT molecular complexity index is 673. The second kappa shape index (κ2) is 9.56. The smallest absolute Gasteiger partial charge is 0.257 e. The number of aliphatic hydroxyl groups is 1. The number of carbonyl (C=O) groups is 1. The molecule has 0 aliphatic heterocycles. The van der Waals surface area contributed by atoms with Gasteiger partial charge >= 0.3 is 0 Å². The Labute approximate surface area is 153 Å². The van der Waals surface area contributed by atoms with E-state index in [-0.39, 0.29) is 43.1 Å². The molecule has 2 rings (SSSR count). The third-order valence-electron chi connectivity index (χ3n) is 3.62. The molecular formula is C18H24ClFN2O3. The third kappa shape index (κ3) is 5.85. The summed E-state index contributed by atoms with van der Waals surface area (Å²) in [7, 11) is 0. The predicted molar refractivity (Wildman–Crippen MR) is 95.9 cm³/mol. The Morgan fingerprint density at radius 3 is 2.44 bits per heavy atom.